The lowest BCUT2D eigenvalue weighted by molar-refractivity contribution is -0.0872. The van der Waals surface area contributed by atoms with Crippen LogP contribution in [0.4, 0.5) is 0 Å². The van der Waals surface area contributed by atoms with Gasteiger partial charge in [-0.15, -0.1) is 0 Å². The Morgan fingerprint density at radius 3 is 2.00 bits per heavy atom. The van der Waals surface area contributed by atoms with E-state index in [1.165, 1.54) is 26.2 Å². The van der Waals surface area contributed by atoms with Gasteiger partial charge >= 0.3 is 0 Å². The topological polar surface area (TPSA) is 15.3 Å². The summed E-state index contributed by atoms with van der Waals surface area (Å²) in [7, 11) is 0. The fraction of sp³-hybridized carbons (Fsp3) is 1.00. The van der Waals surface area contributed by atoms with Crippen molar-refractivity contribution < 1.29 is 0 Å². The highest BCUT2D eigenvalue weighted by Crippen LogP contribution is 2.38. The zero-order chi connectivity index (χ0) is 8.11. The Bertz CT molecular complexity index is 157. The number of rotatable bonds is 0. The number of likely N-dealkylation sites (tertiary alicyclic amines) is 1. The van der Waals surface area contributed by atoms with Gasteiger partial charge in [-0.1, -0.05) is 0 Å². The molecule has 0 unspecified atom stereocenters. The lowest BCUT2D eigenvalue weighted by atomic mass is 9.72. The van der Waals surface area contributed by atoms with Crippen LogP contribution in [-0.4, -0.2) is 36.6 Å². The molecule has 1 N–H and O–H groups in total. The molecule has 0 aromatic rings. The second-order valence-corrected chi connectivity index (χ2v) is 5.13. The van der Waals surface area contributed by atoms with E-state index in [1.807, 2.05) is 0 Å². The van der Waals surface area contributed by atoms with E-state index in [1.54, 1.807) is 0 Å². The van der Waals surface area contributed by atoms with E-state index in [2.05, 4.69) is 31.0 Å². The molecule has 0 aliphatic carbocycles. The van der Waals surface area contributed by atoms with Crippen LogP contribution in [0.5, 0.6) is 0 Å². The van der Waals surface area contributed by atoms with Gasteiger partial charge in [-0.2, -0.15) is 0 Å². The maximum atomic E-state index is 3.35. The highest BCUT2D eigenvalue weighted by atomic mass is 15.3. The minimum atomic E-state index is 0.390. The van der Waals surface area contributed by atoms with E-state index in [-0.39, 0.29) is 0 Å². The van der Waals surface area contributed by atoms with Crippen LogP contribution in [0.2, 0.25) is 0 Å². The van der Waals surface area contributed by atoms with Crippen molar-refractivity contribution in [1.82, 2.24) is 10.2 Å². The second-order valence-electron chi connectivity index (χ2n) is 5.13. The summed E-state index contributed by atoms with van der Waals surface area (Å²) in [5, 5.41) is 3.35. The molecule has 2 fully saturated rings. The lowest BCUT2D eigenvalue weighted by Crippen LogP contribution is -2.73. The van der Waals surface area contributed by atoms with Gasteiger partial charge < -0.3 is 5.32 Å². The maximum absolute atomic E-state index is 3.35. The van der Waals surface area contributed by atoms with Crippen molar-refractivity contribution in [3.8, 4) is 0 Å². The molecule has 0 amide bonds. The van der Waals surface area contributed by atoms with Crippen LogP contribution in [0.1, 0.15) is 20.8 Å². The SMILES string of the molecule is CC(C)(C)N1CC2(CNC2)C1. The van der Waals surface area contributed by atoms with Crippen LogP contribution in [-0.2, 0) is 0 Å². The smallest absolute Gasteiger partial charge is 0.0207 e. The van der Waals surface area contributed by atoms with Crippen molar-refractivity contribution >= 4 is 0 Å². The quantitative estimate of drug-likeness (QED) is 0.552. The minimum Gasteiger partial charge on any atom is -0.315 e. The van der Waals surface area contributed by atoms with Gasteiger partial charge in [0.25, 0.3) is 0 Å². The van der Waals surface area contributed by atoms with E-state index >= 15 is 0 Å². The molecule has 2 heteroatoms. The molecule has 2 nitrogen and oxygen atoms in total. The van der Waals surface area contributed by atoms with Crippen molar-refractivity contribution in [3.05, 3.63) is 0 Å². The lowest BCUT2D eigenvalue weighted by Gasteiger charge is -2.60. The van der Waals surface area contributed by atoms with Gasteiger partial charge in [-0.25, -0.2) is 0 Å². The number of hydrogen-bond acceptors (Lipinski definition) is 2. The first-order valence-corrected chi connectivity index (χ1v) is 4.48. The summed E-state index contributed by atoms with van der Waals surface area (Å²) in [4.78, 5) is 2.56. The standard InChI is InChI=1S/C9H18N2/c1-8(2,3)11-6-9(7-11)4-10-5-9/h10H,4-7H2,1-3H3. The van der Waals surface area contributed by atoms with E-state index in [0.29, 0.717) is 11.0 Å². The van der Waals surface area contributed by atoms with E-state index in [4.69, 9.17) is 0 Å². The second kappa shape index (κ2) is 1.99. The Hall–Kier alpha value is -0.0800. The van der Waals surface area contributed by atoms with Gasteiger partial charge in [0.1, 0.15) is 0 Å². The van der Waals surface area contributed by atoms with Crippen molar-refractivity contribution in [2.24, 2.45) is 5.41 Å². The summed E-state index contributed by atoms with van der Waals surface area (Å²) in [6.07, 6.45) is 0. The summed E-state index contributed by atoms with van der Waals surface area (Å²) < 4.78 is 0. The van der Waals surface area contributed by atoms with Crippen LogP contribution < -0.4 is 5.32 Å². The molecule has 0 aromatic heterocycles. The molecule has 2 rings (SSSR count). The average Bonchev–Trinajstić information content (AvgIpc) is 1.49. The Labute approximate surface area is 69.0 Å². The first-order chi connectivity index (χ1) is 5.02. The van der Waals surface area contributed by atoms with E-state index in [9.17, 15) is 0 Å². The van der Waals surface area contributed by atoms with Crippen molar-refractivity contribution in [1.29, 1.82) is 0 Å². The molecule has 2 saturated heterocycles. The van der Waals surface area contributed by atoms with Crippen LogP contribution >= 0.6 is 0 Å². The van der Waals surface area contributed by atoms with Gasteiger partial charge in [0.15, 0.2) is 0 Å². The molecule has 2 aliphatic rings. The number of nitrogens with zero attached hydrogens (tertiary/aromatic N) is 1. The normalized spacial score (nSPS) is 29.7. The average molecular weight is 154 g/mol. The molecule has 0 radical (unpaired) electrons. The molecule has 2 aliphatic heterocycles. The Morgan fingerprint density at radius 2 is 1.73 bits per heavy atom. The molecular formula is C9H18N2. The van der Waals surface area contributed by atoms with Gasteiger partial charge in [0, 0.05) is 37.1 Å². The van der Waals surface area contributed by atoms with Gasteiger partial charge in [0.05, 0.1) is 0 Å². The van der Waals surface area contributed by atoms with Crippen LogP contribution in [0, 0.1) is 5.41 Å². The molecule has 2 heterocycles. The van der Waals surface area contributed by atoms with Gasteiger partial charge in [-0.05, 0) is 20.8 Å². The van der Waals surface area contributed by atoms with Crippen LogP contribution in [0.15, 0.2) is 0 Å². The third-order valence-corrected chi connectivity index (χ3v) is 3.00. The summed E-state index contributed by atoms with van der Waals surface area (Å²) >= 11 is 0. The molecule has 64 valence electrons. The van der Waals surface area contributed by atoms with Crippen LogP contribution in [0.25, 0.3) is 0 Å². The first-order valence-electron chi connectivity index (χ1n) is 4.48. The fourth-order valence-corrected chi connectivity index (χ4v) is 1.94. The molecule has 0 aromatic carbocycles. The predicted molar refractivity (Wildman–Crippen MR) is 46.6 cm³/mol. The summed E-state index contributed by atoms with van der Waals surface area (Å²) in [6.45, 7) is 12.0. The molecular weight excluding hydrogens is 136 g/mol. The number of nitrogens with one attached hydrogen (secondary N) is 1. The molecule has 0 saturated carbocycles. The largest absolute Gasteiger partial charge is 0.315 e. The van der Waals surface area contributed by atoms with Crippen molar-refractivity contribution in [3.63, 3.8) is 0 Å². The monoisotopic (exact) mass is 154 g/mol. The maximum Gasteiger partial charge on any atom is 0.0207 e. The summed E-state index contributed by atoms with van der Waals surface area (Å²) in [5.41, 5.74) is 1.08. The third kappa shape index (κ3) is 1.09. The van der Waals surface area contributed by atoms with Crippen LogP contribution in [0.3, 0.4) is 0 Å². The van der Waals surface area contributed by atoms with E-state index < -0.39 is 0 Å². The van der Waals surface area contributed by atoms with Gasteiger partial charge in [-0.3, -0.25) is 4.90 Å². The zero-order valence-corrected chi connectivity index (χ0v) is 7.78. The highest BCUT2D eigenvalue weighted by Gasteiger charge is 2.50. The molecule has 11 heavy (non-hydrogen) atoms. The van der Waals surface area contributed by atoms with Crippen molar-refractivity contribution in [2.45, 2.75) is 26.3 Å². The Balaban J connectivity index is 1.88. The first kappa shape index (κ1) is 7.56. The van der Waals surface area contributed by atoms with Crippen molar-refractivity contribution in [2.75, 3.05) is 26.2 Å². The number of hydrogen-bond donors (Lipinski definition) is 1. The molecule has 0 bridgehead atoms. The zero-order valence-electron chi connectivity index (χ0n) is 7.78. The third-order valence-electron chi connectivity index (χ3n) is 3.00. The molecule has 0 atom stereocenters. The fourth-order valence-electron chi connectivity index (χ4n) is 1.94. The summed E-state index contributed by atoms with van der Waals surface area (Å²) in [5.74, 6) is 0. The summed E-state index contributed by atoms with van der Waals surface area (Å²) in [6, 6.07) is 0. The molecule has 1 spiro atoms. The van der Waals surface area contributed by atoms with E-state index in [0.717, 1.165) is 0 Å². The predicted octanol–water partition coefficient (Wildman–Crippen LogP) is 0.690. The highest BCUT2D eigenvalue weighted by molar-refractivity contribution is 5.06. The van der Waals surface area contributed by atoms with Gasteiger partial charge in [0.2, 0.25) is 0 Å². The Morgan fingerprint density at radius 1 is 1.18 bits per heavy atom. The Kier molecular flexibility index (Phi) is 1.37. The minimum absolute atomic E-state index is 0.390.